The lowest BCUT2D eigenvalue weighted by atomic mass is 10.2. The number of hydrogen-bond donors (Lipinski definition) is 1. The van der Waals surface area contributed by atoms with Gasteiger partial charge in [0.2, 0.25) is 0 Å². The van der Waals surface area contributed by atoms with E-state index in [0.717, 1.165) is 5.56 Å². The molecule has 3 rings (SSSR count). The van der Waals surface area contributed by atoms with Gasteiger partial charge in [-0.25, -0.2) is 0 Å². The first-order valence-corrected chi connectivity index (χ1v) is 7.87. The molecule has 0 aliphatic heterocycles. The minimum atomic E-state index is -0.512. The van der Waals surface area contributed by atoms with Crippen LogP contribution >= 0.6 is 11.6 Å². The van der Waals surface area contributed by atoms with Gasteiger partial charge in [0, 0.05) is 22.3 Å². The summed E-state index contributed by atoms with van der Waals surface area (Å²) < 4.78 is 5.69. The molecule has 1 N–H and O–H groups in total. The monoisotopic (exact) mass is 348 g/mol. The molecule has 3 aromatic rings. The van der Waals surface area contributed by atoms with Crippen molar-refractivity contribution in [3.8, 4) is 17.4 Å². The number of furan rings is 1. The highest BCUT2D eigenvalue weighted by Gasteiger charge is 2.11. The standard InChI is InChI=1S/C20H13ClN2O2/c21-16-6-8-17(9-7-16)23-20(24)15(13-22)12-18-10-11-19(25-18)14-4-2-1-3-5-14/h1-12H,(H,23,24)/b15-12+. The van der Waals surface area contributed by atoms with Crippen molar-refractivity contribution in [2.75, 3.05) is 5.32 Å². The summed E-state index contributed by atoms with van der Waals surface area (Å²) >= 11 is 5.81. The largest absolute Gasteiger partial charge is 0.457 e. The van der Waals surface area contributed by atoms with Crippen molar-refractivity contribution in [3.63, 3.8) is 0 Å². The molecule has 4 nitrogen and oxygen atoms in total. The molecule has 122 valence electrons. The van der Waals surface area contributed by atoms with Crippen molar-refractivity contribution in [3.05, 3.63) is 83.1 Å². The molecule has 1 aromatic heterocycles. The van der Waals surface area contributed by atoms with Crippen molar-refractivity contribution in [1.29, 1.82) is 5.26 Å². The number of hydrogen-bond acceptors (Lipinski definition) is 3. The van der Waals surface area contributed by atoms with Gasteiger partial charge in [-0.15, -0.1) is 0 Å². The Bertz CT molecular complexity index is 951. The molecule has 0 bridgehead atoms. The van der Waals surface area contributed by atoms with Gasteiger partial charge in [0.1, 0.15) is 23.2 Å². The van der Waals surface area contributed by atoms with Crippen LogP contribution in [-0.2, 0) is 4.79 Å². The van der Waals surface area contributed by atoms with Crippen LogP contribution in [0.5, 0.6) is 0 Å². The zero-order chi connectivity index (χ0) is 17.6. The third kappa shape index (κ3) is 4.17. The summed E-state index contributed by atoms with van der Waals surface area (Å²) in [4.78, 5) is 12.2. The van der Waals surface area contributed by atoms with E-state index in [2.05, 4.69) is 5.32 Å². The number of anilines is 1. The maximum Gasteiger partial charge on any atom is 0.266 e. The molecule has 1 heterocycles. The normalized spacial score (nSPS) is 11.0. The molecule has 0 fully saturated rings. The molecule has 5 heteroatoms. The average Bonchev–Trinajstić information content (AvgIpc) is 3.11. The molecule has 0 saturated carbocycles. The Balaban J connectivity index is 1.78. The van der Waals surface area contributed by atoms with Crippen LogP contribution in [0.4, 0.5) is 5.69 Å². The van der Waals surface area contributed by atoms with Crippen LogP contribution in [0.15, 0.2) is 76.7 Å². The third-order valence-electron chi connectivity index (χ3n) is 3.44. The van der Waals surface area contributed by atoms with E-state index in [-0.39, 0.29) is 5.57 Å². The lowest BCUT2D eigenvalue weighted by Crippen LogP contribution is -2.13. The Morgan fingerprint density at radius 3 is 2.44 bits per heavy atom. The van der Waals surface area contributed by atoms with Gasteiger partial charge in [0.15, 0.2) is 0 Å². The maximum atomic E-state index is 12.2. The Morgan fingerprint density at radius 2 is 1.76 bits per heavy atom. The van der Waals surface area contributed by atoms with E-state index < -0.39 is 5.91 Å². The predicted octanol–water partition coefficient (Wildman–Crippen LogP) is 5.15. The highest BCUT2D eigenvalue weighted by atomic mass is 35.5. The summed E-state index contributed by atoms with van der Waals surface area (Å²) in [5.74, 6) is 0.589. The molecule has 0 aliphatic rings. The van der Waals surface area contributed by atoms with Crippen molar-refractivity contribution in [1.82, 2.24) is 0 Å². The summed E-state index contributed by atoms with van der Waals surface area (Å²) in [6.07, 6.45) is 1.41. The van der Waals surface area contributed by atoms with E-state index in [1.54, 1.807) is 36.4 Å². The number of rotatable bonds is 4. The molecule has 0 aliphatic carbocycles. The van der Waals surface area contributed by atoms with Crippen molar-refractivity contribution in [2.24, 2.45) is 0 Å². The van der Waals surface area contributed by atoms with Crippen molar-refractivity contribution < 1.29 is 9.21 Å². The predicted molar refractivity (Wildman–Crippen MR) is 97.8 cm³/mol. The molecule has 0 radical (unpaired) electrons. The van der Waals surface area contributed by atoms with Crippen LogP contribution in [0.25, 0.3) is 17.4 Å². The highest BCUT2D eigenvalue weighted by molar-refractivity contribution is 6.30. The number of nitrogens with zero attached hydrogens (tertiary/aromatic N) is 1. The minimum absolute atomic E-state index is 0.0519. The van der Waals surface area contributed by atoms with E-state index in [1.165, 1.54) is 6.08 Å². The maximum absolute atomic E-state index is 12.2. The van der Waals surface area contributed by atoms with Crippen molar-refractivity contribution >= 4 is 29.3 Å². The molecular formula is C20H13ClN2O2. The Kier molecular flexibility index (Phi) is 4.98. The van der Waals surface area contributed by atoms with Crippen LogP contribution in [0, 0.1) is 11.3 Å². The molecule has 0 saturated heterocycles. The summed E-state index contributed by atoms with van der Waals surface area (Å²) in [5, 5.41) is 12.5. The smallest absolute Gasteiger partial charge is 0.266 e. The fourth-order valence-electron chi connectivity index (χ4n) is 2.21. The number of carbonyl (C=O) groups excluding carboxylic acids is 1. The second-order valence-electron chi connectivity index (χ2n) is 5.20. The van der Waals surface area contributed by atoms with Crippen LogP contribution < -0.4 is 5.32 Å². The molecule has 0 unspecified atom stereocenters. The third-order valence-corrected chi connectivity index (χ3v) is 3.69. The molecule has 0 atom stereocenters. The van der Waals surface area contributed by atoms with Gasteiger partial charge in [-0.1, -0.05) is 41.9 Å². The number of benzene rings is 2. The second-order valence-corrected chi connectivity index (χ2v) is 5.64. The number of amides is 1. The first-order valence-electron chi connectivity index (χ1n) is 7.50. The zero-order valence-corrected chi connectivity index (χ0v) is 13.8. The topological polar surface area (TPSA) is 66.0 Å². The van der Waals surface area contributed by atoms with Crippen LogP contribution in [0.1, 0.15) is 5.76 Å². The van der Waals surface area contributed by atoms with Gasteiger partial charge in [0.05, 0.1) is 0 Å². The van der Waals surface area contributed by atoms with Gasteiger partial charge < -0.3 is 9.73 Å². The fourth-order valence-corrected chi connectivity index (χ4v) is 2.34. The molecule has 0 spiro atoms. The van der Waals surface area contributed by atoms with Crippen LogP contribution in [0.3, 0.4) is 0 Å². The Hall–Kier alpha value is -3.29. The van der Waals surface area contributed by atoms with E-state index in [1.807, 2.05) is 36.4 Å². The lowest BCUT2D eigenvalue weighted by molar-refractivity contribution is -0.112. The van der Waals surface area contributed by atoms with Crippen molar-refractivity contribution in [2.45, 2.75) is 0 Å². The highest BCUT2D eigenvalue weighted by Crippen LogP contribution is 2.23. The fraction of sp³-hybridized carbons (Fsp3) is 0. The SMILES string of the molecule is N#C/C(=C\c1ccc(-c2ccccc2)o1)C(=O)Nc1ccc(Cl)cc1. The molecule has 25 heavy (non-hydrogen) atoms. The number of halogens is 1. The summed E-state index contributed by atoms with van der Waals surface area (Å²) in [6, 6.07) is 21.6. The van der Waals surface area contributed by atoms with E-state index in [0.29, 0.717) is 22.2 Å². The van der Waals surface area contributed by atoms with E-state index in [9.17, 15) is 10.1 Å². The van der Waals surface area contributed by atoms with Crippen LogP contribution in [0.2, 0.25) is 5.02 Å². The van der Waals surface area contributed by atoms with E-state index in [4.69, 9.17) is 16.0 Å². The first-order chi connectivity index (χ1) is 12.2. The van der Waals surface area contributed by atoms with Gasteiger partial charge in [-0.2, -0.15) is 5.26 Å². The molecular weight excluding hydrogens is 336 g/mol. The molecule has 1 amide bonds. The van der Waals surface area contributed by atoms with E-state index >= 15 is 0 Å². The second kappa shape index (κ2) is 7.52. The lowest BCUT2D eigenvalue weighted by Gasteiger charge is -2.03. The summed E-state index contributed by atoms with van der Waals surface area (Å²) in [7, 11) is 0. The first kappa shape index (κ1) is 16.6. The number of nitrogens with one attached hydrogen (secondary N) is 1. The van der Waals surface area contributed by atoms with Crippen LogP contribution in [-0.4, -0.2) is 5.91 Å². The Morgan fingerprint density at radius 1 is 1.04 bits per heavy atom. The van der Waals surface area contributed by atoms with Gasteiger partial charge in [-0.3, -0.25) is 4.79 Å². The molecule has 2 aromatic carbocycles. The summed E-state index contributed by atoms with van der Waals surface area (Å²) in [6.45, 7) is 0. The van der Waals surface area contributed by atoms with Gasteiger partial charge in [-0.05, 0) is 36.4 Å². The van der Waals surface area contributed by atoms with Gasteiger partial charge >= 0.3 is 0 Å². The minimum Gasteiger partial charge on any atom is -0.457 e. The number of nitriles is 1. The average molecular weight is 349 g/mol. The van der Waals surface area contributed by atoms with Gasteiger partial charge in [0.25, 0.3) is 5.91 Å². The quantitative estimate of drug-likeness (QED) is 0.524. The summed E-state index contributed by atoms with van der Waals surface area (Å²) in [5.41, 5.74) is 1.43. The number of carbonyl (C=O) groups is 1. The Labute approximate surface area is 150 Å². The zero-order valence-electron chi connectivity index (χ0n) is 13.1.